The molecule has 0 unspecified atom stereocenters. The summed E-state index contributed by atoms with van der Waals surface area (Å²) in [5.41, 5.74) is -0.653. The topological polar surface area (TPSA) is 92.1 Å². The molecular formula is C18H14F3N7O. The van der Waals surface area contributed by atoms with Crippen LogP contribution in [0.2, 0.25) is 0 Å². The number of alkyl halides is 2. The highest BCUT2D eigenvalue weighted by Gasteiger charge is 2.57. The summed E-state index contributed by atoms with van der Waals surface area (Å²) in [5.74, 6) is -1.05. The van der Waals surface area contributed by atoms with E-state index < -0.39 is 23.7 Å². The Kier molecular flexibility index (Phi) is 3.68. The molecule has 1 saturated heterocycles. The van der Waals surface area contributed by atoms with Crippen molar-refractivity contribution in [2.75, 3.05) is 11.4 Å². The van der Waals surface area contributed by atoms with Crippen LogP contribution in [0, 0.1) is 28.5 Å². The molecule has 1 aliphatic heterocycles. The lowest BCUT2D eigenvalue weighted by Crippen LogP contribution is -2.36. The van der Waals surface area contributed by atoms with E-state index in [1.807, 2.05) is 0 Å². The second-order valence-corrected chi connectivity index (χ2v) is 7.29. The first-order chi connectivity index (χ1) is 13.9. The number of carbonyl (C=O) groups excluding carboxylic acids is 1. The number of aromatic nitrogens is 5. The van der Waals surface area contributed by atoms with Crippen LogP contribution in [0.15, 0.2) is 24.8 Å². The Balaban J connectivity index is 1.64. The maximum absolute atomic E-state index is 14.4. The van der Waals surface area contributed by atoms with E-state index in [2.05, 4.69) is 21.3 Å². The Morgan fingerprint density at radius 1 is 1.24 bits per heavy atom. The molecule has 3 aromatic heterocycles. The first kappa shape index (κ1) is 17.7. The zero-order valence-corrected chi connectivity index (χ0v) is 15.0. The van der Waals surface area contributed by atoms with Gasteiger partial charge in [-0.1, -0.05) is 0 Å². The summed E-state index contributed by atoms with van der Waals surface area (Å²) >= 11 is 0. The lowest BCUT2D eigenvalue weighted by molar-refractivity contribution is -0.123. The Hall–Kier alpha value is -3.42. The molecule has 3 aromatic rings. The number of fused-ring (bicyclic) bond motifs is 1. The van der Waals surface area contributed by atoms with E-state index >= 15 is 0 Å². The summed E-state index contributed by atoms with van der Waals surface area (Å²) in [5, 5.41) is 17.2. The number of anilines is 1. The average Bonchev–Trinajstić information content (AvgIpc) is 3.17. The van der Waals surface area contributed by atoms with Gasteiger partial charge in [0, 0.05) is 18.3 Å². The van der Waals surface area contributed by atoms with Crippen molar-refractivity contribution in [3.8, 4) is 17.3 Å². The number of hydrogen-bond acceptors (Lipinski definition) is 5. The predicted octanol–water partition coefficient (Wildman–Crippen LogP) is 2.78. The highest BCUT2D eigenvalue weighted by Crippen LogP contribution is 2.52. The van der Waals surface area contributed by atoms with Gasteiger partial charge in [0.2, 0.25) is 5.91 Å². The lowest BCUT2D eigenvalue weighted by atomic mass is 9.83. The normalized spacial score (nSPS) is 22.0. The molecule has 29 heavy (non-hydrogen) atoms. The van der Waals surface area contributed by atoms with Crippen LogP contribution in [0.25, 0.3) is 16.8 Å². The molecule has 2 fully saturated rings. The van der Waals surface area contributed by atoms with Gasteiger partial charge in [0.05, 0.1) is 30.4 Å². The molecule has 11 heteroatoms. The van der Waals surface area contributed by atoms with Crippen molar-refractivity contribution in [1.29, 1.82) is 5.26 Å². The minimum atomic E-state index is -2.82. The van der Waals surface area contributed by atoms with Crippen LogP contribution in [0.5, 0.6) is 0 Å². The van der Waals surface area contributed by atoms with Crippen molar-refractivity contribution < 1.29 is 18.0 Å². The SMILES string of the molecule is N#C[C@@]1(C2CC2)CCN(c2nc(-c3cnn(C(F)F)c3)cn3ncc(F)c23)C1=O. The summed E-state index contributed by atoms with van der Waals surface area (Å²) in [7, 11) is 0. The van der Waals surface area contributed by atoms with Gasteiger partial charge >= 0.3 is 6.55 Å². The molecule has 0 spiro atoms. The summed E-state index contributed by atoms with van der Waals surface area (Å²) in [4.78, 5) is 18.8. The quantitative estimate of drug-likeness (QED) is 0.670. The maximum Gasteiger partial charge on any atom is 0.333 e. The van der Waals surface area contributed by atoms with Crippen LogP contribution in [0.4, 0.5) is 19.0 Å². The van der Waals surface area contributed by atoms with Crippen molar-refractivity contribution in [3.63, 3.8) is 0 Å². The largest absolute Gasteiger partial charge is 0.333 e. The zero-order valence-electron chi connectivity index (χ0n) is 15.0. The summed E-state index contributed by atoms with van der Waals surface area (Å²) < 4.78 is 41.8. The molecule has 1 saturated carbocycles. The third-order valence-corrected chi connectivity index (χ3v) is 5.62. The fourth-order valence-corrected chi connectivity index (χ4v) is 3.95. The second kappa shape index (κ2) is 6.04. The Morgan fingerprint density at radius 3 is 2.69 bits per heavy atom. The molecule has 2 aliphatic rings. The van der Waals surface area contributed by atoms with Crippen molar-refractivity contribution in [2.45, 2.75) is 25.8 Å². The highest BCUT2D eigenvalue weighted by atomic mass is 19.3. The molecule has 1 aliphatic carbocycles. The van der Waals surface area contributed by atoms with E-state index in [9.17, 15) is 23.2 Å². The maximum atomic E-state index is 14.4. The van der Waals surface area contributed by atoms with E-state index in [4.69, 9.17) is 0 Å². The minimum Gasteiger partial charge on any atom is -0.293 e. The second-order valence-electron chi connectivity index (χ2n) is 7.29. The van der Waals surface area contributed by atoms with Gasteiger partial charge in [-0.05, 0) is 25.2 Å². The summed E-state index contributed by atoms with van der Waals surface area (Å²) in [6.07, 6.45) is 6.65. The highest BCUT2D eigenvalue weighted by molar-refractivity contribution is 6.04. The fourth-order valence-electron chi connectivity index (χ4n) is 3.95. The third-order valence-electron chi connectivity index (χ3n) is 5.62. The monoisotopic (exact) mass is 401 g/mol. The van der Waals surface area contributed by atoms with Crippen molar-refractivity contribution in [3.05, 3.63) is 30.6 Å². The predicted molar refractivity (Wildman–Crippen MR) is 93.2 cm³/mol. The number of halogens is 3. The van der Waals surface area contributed by atoms with Crippen molar-refractivity contribution >= 4 is 17.2 Å². The van der Waals surface area contributed by atoms with Crippen LogP contribution in [0.1, 0.15) is 25.8 Å². The molecule has 0 N–H and O–H groups in total. The third kappa shape index (κ3) is 2.52. The van der Waals surface area contributed by atoms with Crippen LogP contribution >= 0.6 is 0 Å². The molecule has 4 heterocycles. The van der Waals surface area contributed by atoms with Crippen LogP contribution in [0.3, 0.4) is 0 Å². The van der Waals surface area contributed by atoms with Gasteiger partial charge in [-0.15, -0.1) is 0 Å². The number of nitrogens with zero attached hydrogens (tertiary/aromatic N) is 7. The first-order valence-electron chi connectivity index (χ1n) is 9.04. The number of amides is 1. The first-order valence-corrected chi connectivity index (χ1v) is 9.04. The Bertz CT molecular complexity index is 1180. The van der Waals surface area contributed by atoms with E-state index in [-0.39, 0.29) is 35.1 Å². The lowest BCUT2D eigenvalue weighted by Gasteiger charge is -2.21. The van der Waals surface area contributed by atoms with Gasteiger partial charge in [-0.2, -0.15) is 24.2 Å². The standard InChI is InChI=1S/C18H14F3N7O/c19-12-6-24-27-8-13(10-5-23-28(7-10)17(20)21)25-15(14(12)27)26-4-3-18(9-22,16(26)29)11-1-2-11/h5-8,11,17H,1-4H2/t18-/m1/s1. The smallest absolute Gasteiger partial charge is 0.293 e. The zero-order chi connectivity index (χ0) is 20.3. The van der Waals surface area contributed by atoms with E-state index in [1.54, 1.807) is 0 Å². The number of hydrogen-bond donors (Lipinski definition) is 0. The summed E-state index contributed by atoms with van der Waals surface area (Å²) in [6.45, 7) is -2.60. The van der Waals surface area contributed by atoms with Crippen LogP contribution in [-0.2, 0) is 4.79 Å². The molecule has 0 aromatic carbocycles. The Labute approximate surface area is 162 Å². The van der Waals surface area contributed by atoms with Gasteiger partial charge in [0.25, 0.3) is 0 Å². The van der Waals surface area contributed by atoms with Crippen molar-refractivity contribution in [1.82, 2.24) is 24.4 Å². The molecule has 5 rings (SSSR count). The molecule has 1 atom stereocenters. The fraction of sp³-hybridized carbons (Fsp3) is 0.389. The minimum absolute atomic E-state index is 0.00299. The average molecular weight is 401 g/mol. The molecule has 148 valence electrons. The number of carbonyl (C=O) groups is 1. The molecular weight excluding hydrogens is 387 g/mol. The number of nitriles is 1. The van der Waals surface area contributed by atoms with Crippen LogP contribution in [-0.4, -0.2) is 36.8 Å². The van der Waals surface area contributed by atoms with Gasteiger partial charge < -0.3 is 0 Å². The molecule has 8 nitrogen and oxygen atoms in total. The summed E-state index contributed by atoms with van der Waals surface area (Å²) in [6, 6.07) is 2.18. The number of rotatable bonds is 4. The van der Waals surface area contributed by atoms with Gasteiger partial charge in [-0.3, -0.25) is 9.69 Å². The van der Waals surface area contributed by atoms with E-state index in [0.29, 0.717) is 11.1 Å². The van der Waals surface area contributed by atoms with Gasteiger partial charge in [0.1, 0.15) is 10.9 Å². The van der Waals surface area contributed by atoms with E-state index in [1.165, 1.54) is 21.8 Å². The van der Waals surface area contributed by atoms with Gasteiger partial charge in [0.15, 0.2) is 11.6 Å². The van der Waals surface area contributed by atoms with Crippen LogP contribution < -0.4 is 4.90 Å². The molecule has 1 amide bonds. The van der Waals surface area contributed by atoms with Gasteiger partial charge in [-0.25, -0.2) is 18.6 Å². The molecule has 0 radical (unpaired) electrons. The van der Waals surface area contributed by atoms with Crippen molar-refractivity contribution in [2.24, 2.45) is 11.3 Å². The van der Waals surface area contributed by atoms with E-state index in [0.717, 1.165) is 25.2 Å². The Morgan fingerprint density at radius 2 is 2.03 bits per heavy atom. The molecule has 0 bridgehead atoms.